The first-order valence-corrected chi connectivity index (χ1v) is 21.0. The second-order valence-corrected chi connectivity index (χ2v) is 18.7. The van der Waals surface area contributed by atoms with Crippen LogP contribution in [0.3, 0.4) is 0 Å². The van der Waals surface area contributed by atoms with Crippen molar-refractivity contribution in [3.63, 3.8) is 0 Å². The number of hydrogen-bond acceptors (Lipinski definition) is 9. The van der Waals surface area contributed by atoms with Crippen LogP contribution in [0, 0.1) is 17.3 Å². The second kappa shape index (κ2) is 15.9. The maximum atomic E-state index is 14.5. The van der Waals surface area contributed by atoms with Crippen molar-refractivity contribution in [2.75, 3.05) is 18.9 Å². The third kappa shape index (κ3) is 9.03. The molecule has 14 nitrogen and oxygen atoms in total. The van der Waals surface area contributed by atoms with Crippen LogP contribution >= 0.6 is 0 Å². The summed E-state index contributed by atoms with van der Waals surface area (Å²) in [6.07, 6.45) is 7.89. The van der Waals surface area contributed by atoms with E-state index in [0.29, 0.717) is 32.4 Å². The lowest BCUT2D eigenvalue weighted by atomic mass is 9.85. The number of carbonyl (C=O) groups is 5. The van der Waals surface area contributed by atoms with E-state index in [9.17, 15) is 32.4 Å². The van der Waals surface area contributed by atoms with Gasteiger partial charge < -0.3 is 25.0 Å². The minimum absolute atomic E-state index is 0.0648. The molecular weight excluding hydrogens is 715 g/mol. The zero-order chi connectivity index (χ0) is 38.8. The molecular formula is C39H55N5O9S. The lowest BCUT2D eigenvalue weighted by Crippen LogP contribution is -2.60. The van der Waals surface area contributed by atoms with Gasteiger partial charge in [-0.2, -0.15) is 0 Å². The van der Waals surface area contributed by atoms with Crippen molar-refractivity contribution in [2.45, 2.75) is 129 Å². The fourth-order valence-corrected chi connectivity index (χ4v) is 9.24. The summed E-state index contributed by atoms with van der Waals surface area (Å²) >= 11 is 0. The predicted octanol–water partition coefficient (Wildman–Crippen LogP) is 4.06. The first-order chi connectivity index (χ1) is 25.6. The number of hydrogen-bond donors (Lipinski definition) is 3. The Labute approximate surface area is 318 Å². The molecule has 0 radical (unpaired) electrons. The minimum Gasteiger partial charge on any atom is -0.449 e. The van der Waals surface area contributed by atoms with Crippen molar-refractivity contribution in [3.8, 4) is 0 Å². The summed E-state index contributed by atoms with van der Waals surface area (Å²) in [6, 6.07) is 3.79. The van der Waals surface area contributed by atoms with E-state index < -0.39 is 75.0 Å². The van der Waals surface area contributed by atoms with E-state index in [-0.39, 0.29) is 37.7 Å². The van der Waals surface area contributed by atoms with E-state index in [1.165, 1.54) is 10.5 Å². The molecule has 1 aromatic carbocycles. The van der Waals surface area contributed by atoms with E-state index in [0.717, 1.165) is 43.2 Å². The van der Waals surface area contributed by atoms with Crippen molar-refractivity contribution in [1.29, 1.82) is 0 Å². The lowest BCUT2D eigenvalue weighted by molar-refractivity contribution is -0.143. The molecule has 1 saturated heterocycles. The highest BCUT2D eigenvalue weighted by atomic mass is 32.2. The van der Waals surface area contributed by atoms with Gasteiger partial charge in [-0.1, -0.05) is 70.9 Å². The average molecular weight is 770 g/mol. The van der Waals surface area contributed by atoms with Crippen LogP contribution < -0.4 is 15.4 Å². The van der Waals surface area contributed by atoms with Gasteiger partial charge in [0.05, 0.1) is 18.9 Å². The summed E-state index contributed by atoms with van der Waals surface area (Å²) < 4.78 is 39.4. The summed E-state index contributed by atoms with van der Waals surface area (Å²) in [5.41, 5.74) is 0.989. The number of carbonyl (C=O) groups excluding carboxylic acids is 5. The second-order valence-electron chi connectivity index (χ2n) is 16.9. The lowest BCUT2D eigenvalue weighted by Gasteiger charge is -2.35. The van der Waals surface area contributed by atoms with Crippen LogP contribution in [0.2, 0.25) is 0 Å². The molecule has 6 rings (SSSR count). The first-order valence-electron chi connectivity index (χ1n) is 19.4. The Morgan fingerprint density at radius 3 is 2.57 bits per heavy atom. The van der Waals surface area contributed by atoms with Crippen LogP contribution in [0.1, 0.15) is 102 Å². The Balaban J connectivity index is 1.28. The Morgan fingerprint density at radius 2 is 1.80 bits per heavy atom. The third-order valence-corrected chi connectivity index (χ3v) is 12.7. The predicted molar refractivity (Wildman–Crippen MR) is 199 cm³/mol. The summed E-state index contributed by atoms with van der Waals surface area (Å²) in [7, 11) is -3.94. The molecule has 0 aromatic heterocycles. The number of cyclic esters (lactones) is 1. The number of amides is 5. The minimum atomic E-state index is -3.94. The van der Waals surface area contributed by atoms with E-state index in [2.05, 4.69) is 21.4 Å². The van der Waals surface area contributed by atoms with Crippen LogP contribution in [0.15, 0.2) is 30.4 Å². The molecule has 2 fully saturated rings. The van der Waals surface area contributed by atoms with Crippen LogP contribution in [-0.4, -0.2) is 90.8 Å². The number of allylic oxidation sites excluding steroid dienone is 1. The summed E-state index contributed by atoms with van der Waals surface area (Å²) in [4.78, 5) is 72.2. The zero-order valence-electron chi connectivity index (χ0n) is 31.9. The number of nitrogens with zero attached hydrogens (tertiary/aromatic N) is 2. The number of benzene rings is 1. The molecule has 5 amide bonds. The van der Waals surface area contributed by atoms with Crippen molar-refractivity contribution < 1.29 is 41.9 Å². The molecule has 4 aliphatic heterocycles. The van der Waals surface area contributed by atoms with Gasteiger partial charge in [0.15, 0.2) is 0 Å². The monoisotopic (exact) mass is 769 g/mol. The van der Waals surface area contributed by atoms with E-state index in [4.69, 9.17) is 9.47 Å². The molecule has 1 aromatic rings. The molecule has 0 unspecified atom stereocenters. The summed E-state index contributed by atoms with van der Waals surface area (Å²) in [5.74, 6) is -2.65. The molecule has 4 bridgehead atoms. The third-order valence-electron chi connectivity index (χ3n) is 11.4. The number of aryl methyl sites for hydroxylation is 1. The van der Waals surface area contributed by atoms with Crippen LogP contribution in [0.5, 0.6) is 0 Å². The molecule has 296 valence electrons. The zero-order valence-corrected chi connectivity index (χ0v) is 32.7. The summed E-state index contributed by atoms with van der Waals surface area (Å²) in [6.45, 7) is 8.18. The molecule has 15 heteroatoms. The number of rotatable bonds is 2. The van der Waals surface area contributed by atoms with Gasteiger partial charge in [-0.25, -0.2) is 18.0 Å². The van der Waals surface area contributed by atoms with Gasteiger partial charge >= 0.3 is 12.2 Å². The Hall–Kier alpha value is -4.14. The molecule has 5 aliphatic rings. The highest BCUT2D eigenvalue weighted by Crippen LogP contribution is 2.46. The van der Waals surface area contributed by atoms with Crippen molar-refractivity contribution in [3.05, 3.63) is 47.0 Å². The van der Waals surface area contributed by atoms with Gasteiger partial charge in [0.1, 0.15) is 23.7 Å². The van der Waals surface area contributed by atoms with Gasteiger partial charge in [-0.15, -0.1) is 0 Å². The number of sulfonamides is 1. The van der Waals surface area contributed by atoms with Crippen molar-refractivity contribution in [1.82, 2.24) is 25.2 Å². The number of nitrogens with one attached hydrogen (secondary N) is 3. The maximum absolute atomic E-state index is 14.5. The van der Waals surface area contributed by atoms with Gasteiger partial charge in [0, 0.05) is 25.4 Å². The van der Waals surface area contributed by atoms with Crippen LogP contribution in [0.4, 0.5) is 9.59 Å². The molecule has 54 heavy (non-hydrogen) atoms. The van der Waals surface area contributed by atoms with Gasteiger partial charge in [-0.05, 0) is 73.0 Å². The standard InChI is InChI=1S/C39H55N5O9S/c1-25-13-9-10-14-26-15-12-16-27-21-43(23-30(26)27)37(49)53-29-19-31(44(22-29)34(46)32(38(2,3)4)40-36(48)52-24-25)33(45)41-39-20-28(39)17-8-6-5-7-11-18-54(50,51)42-35(39)47/h8,12,15-17,25,28-29,31-32H,5-7,9-11,13-14,18-24H2,1-4H3,(H,40,48)(H,41,45)(H,42,47)/t25-,28-,29-,31+,32-,39-/m1/s1. The van der Waals surface area contributed by atoms with Crippen molar-refractivity contribution in [2.24, 2.45) is 17.3 Å². The highest BCUT2D eigenvalue weighted by molar-refractivity contribution is 7.90. The number of alkyl carbamates (subject to hydrolysis) is 1. The molecule has 1 aliphatic carbocycles. The maximum Gasteiger partial charge on any atom is 0.410 e. The largest absolute Gasteiger partial charge is 0.449 e. The smallest absolute Gasteiger partial charge is 0.410 e. The van der Waals surface area contributed by atoms with Gasteiger partial charge in [0.25, 0.3) is 5.91 Å². The van der Waals surface area contributed by atoms with Crippen molar-refractivity contribution >= 4 is 39.9 Å². The number of fused-ring (bicyclic) bond motifs is 4. The highest BCUT2D eigenvalue weighted by Gasteiger charge is 2.62. The average Bonchev–Trinajstić information content (AvgIpc) is 3.40. The van der Waals surface area contributed by atoms with Crippen LogP contribution in [-0.2, 0) is 53.4 Å². The topological polar surface area (TPSA) is 181 Å². The normalized spacial score (nSPS) is 31.1. The van der Waals surface area contributed by atoms with Gasteiger partial charge in [0.2, 0.25) is 21.8 Å². The van der Waals surface area contributed by atoms with Crippen LogP contribution in [0.25, 0.3) is 0 Å². The molecule has 3 N–H and O–H groups in total. The fourth-order valence-electron chi connectivity index (χ4n) is 8.09. The summed E-state index contributed by atoms with van der Waals surface area (Å²) in [5, 5.41) is 5.57. The first kappa shape index (κ1) is 39.6. The van der Waals surface area contributed by atoms with E-state index >= 15 is 0 Å². The molecule has 6 atom stereocenters. The molecule has 0 spiro atoms. The van der Waals surface area contributed by atoms with E-state index in [1.54, 1.807) is 25.7 Å². The Morgan fingerprint density at radius 1 is 1.02 bits per heavy atom. The Kier molecular flexibility index (Phi) is 11.7. The SMILES string of the molecule is C[C@@H]1CCCCc2cccc3c2CN(C3)C(=O)O[C@@H]2C[C@@H](C(=O)N[C@]34C[C@H]3C=CCCCCCS(=O)(=O)NC4=O)N(C2)C(=O)[C@H](C(C)(C)C)NC(=O)OC1. The Bertz CT molecular complexity index is 1770. The quantitative estimate of drug-likeness (QED) is 0.374. The fraction of sp³-hybridized carbons (Fsp3) is 0.667. The molecule has 1 saturated carbocycles. The van der Waals surface area contributed by atoms with E-state index in [1.807, 2.05) is 31.2 Å². The molecule has 4 heterocycles. The number of ether oxygens (including phenoxy) is 2. The van der Waals surface area contributed by atoms with Gasteiger partial charge in [-0.3, -0.25) is 24.0 Å².